The van der Waals surface area contributed by atoms with E-state index in [2.05, 4.69) is 31.9 Å². The molecule has 1 saturated heterocycles. The normalized spacial score (nSPS) is 17.2. The van der Waals surface area contributed by atoms with Crippen molar-refractivity contribution in [2.75, 3.05) is 13.1 Å². The van der Waals surface area contributed by atoms with Crippen molar-refractivity contribution in [1.82, 2.24) is 36.8 Å². The Morgan fingerprint density at radius 2 is 1.31 bits per heavy atom. The number of aliphatic hydroxyl groups is 1. The summed E-state index contributed by atoms with van der Waals surface area (Å²) in [5, 5.41) is 53.5. The van der Waals surface area contributed by atoms with Gasteiger partial charge in [0.05, 0.1) is 18.7 Å². The van der Waals surface area contributed by atoms with Crippen LogP contribution in [0.2, 0.25) is 0 Å². The molecule has 7 amide bonds. The van der Waals surface area contributed by atoms with Gasteiger partial charge in [-0.25, -0.2) is 4.79 Å². The van der Waals surface area contributed by atoms with Gasteiger partial charge >= 0.3 is 11.9 Å². The average molecular weight is 877 g/mol. The number of aromatic hydroxyl groups is 1. The zero-order valence-electron chi connectivity index (χ0n) is 36.3. The predicted molar refractivity (Wildman–Crippen MR) is 223 cm³/mol. The number of rotatable bonds is 24. The summed E-state index contributed by atoms with van der Waals surface area (Å²) in [6.45, 7) is 10.6. The monoisotopic (exact) mass is 876 g/mol. The van der Waals surface area contributed by atoms with E-state index in [-0.39, 0.29) is 43.9 Å². The number of carbonyl (C=O) groups is 9. The number of amides is 7. The van der Waals surface area contributed by atoms with Crippen LogP contribution in [0.1, 0.15) is 86.1 Å². The van der Waals surface area contributed by atoms with Gasteiger partial charge in [0.2, 0.25) is 41.4 Å². The molecule has 1 aliphatic rings. The molecule has 0 aliphatic carbocycles. The molecule has 0 radical (unpaired) electrons. The number of nitrogens with zero attached hydrogens (tertiary/aromatic N) is 1. The number of carbonyl (C=O) groups excluding carboxylic acids is 7. The van der Waals surface area contributed by atoms with Crippen molar-refractivity contribution < 1.29 is 63.6 Å². The summed E-state index contributed by atoms with van der Waals surface area (Å²) in [6.07, 6.45) is -1.55. The SMILES string of the molecule is CC(C)C[C@H](NC(=O)[C@@H](N)Cc1ccc(O)cc1)C(=O)N[C@@H](CCC(=O)O)C(=O)N1CCC[C@H]1C(=O)NCC(=O)N[C@H](C(=O)N[C@H](C(=O)N[C@H](C(=O)O)C(C)C)[C@@H](C)O)C(C)C. The van der Waals surface area contributed by atoms with E-state index in [0.29, 0.717) is 12.0 Å². The second kappa shape index (κ2) is 24.6. The molecular formula is C41H64N8O13. The molecule has 21 nitrogen and oxygen atoms in total. The maximum Gasteiger partial charge on any atom is 0.326 e. The number of likely N-dealkylation sites (tertiary alicyclic amines) is 1. The van der Waals surface area contributed by atoms with Gasteiger partial charge in [-0.15, -0.1) is 0 Å². The van der Waals surface area contributed by atoms with Crippen molar-refractivity contribution >= 4 is 53.3 Å². The number of carboxylic acids is 2. The first kappa shape index (κ1) is 52.3. The number of aliphatic carboxylic acids is 2. The maximum absolute atomic E-state index is 14.0. The quantitative estimate of drug-likeness (QED) is 0.0562. The second-order valence-corrected chi connectivity index (χ2v) is 16.7. The van der Waals surface area contributed by atoms with Gasteiger partial charge in [-0.05, 0) is 74.5 Å². The fraction of sp³-hybridized carbons (Fsp3) is 0.634. The first-order valence-electron chi connectivity index (χ1n) is 20.7. The number of carboxylic acid groups (broad SMARTS) is 2. The summed E-state index contributed by atoms with van der Waals surface area (Å²) < 4.78 is 0. The number of nitrogens with two attached hydrogens (primary N) is 1. The molecule has 0 bridgehead atoms. The molecule has 2 rings (SSSR count). The molecule has 346 valence electrons. The van der Waals surface area contributed by atoms with E-state index in [1.807, 2.05) is 13.8 Å². The Balaban J connectivity index is 2.14. The summed E-state index contributed by atoms with van der Waals surface area (Å²) >= 11 is 0. The van der Waals surface area contributed by atoms with Crippen LogP contribution in [0.25, 0.3) is 0 Å². The molecule has 0 saturated carbocycles. The standard InChI is InChI=1S/C41H64N8O13/c1-20(2)17-28(45-35(55)26(42)18-24-10-12-25(51)13-11-24)36(56)44-27(14-15-31(53)54)40(60)49-16-8-9-29(49)37(57)43-19-30(52)46-32(21(3)4)38(58)48-34(23(7)50)39(59)47-33(22(5)6)41(61)62/h10-13,20-23,26-29,32-34,50-51H,8-9,14-19,42H2,1-7H3,(H,43,57)(H,44,56)(H,45,55)(H,46,52)(H,47,59)(H,48,58)(H,53,54)(H,61,62)/t23-,26+,27+,28+,29+,32+,33+,34+/m1/s1. The minimum atomic E-state index is -1.57. The third kappa shape index (κ3) is 16.6. The average Bonchev–Trinajstić information content (AvgIpc) is 3.68. The minimum Gasteiger partial charge on any atom is -0.508 e. The van der Waals surface area contributed by atoms with Gasteiger partial charge in [0.15, 0.2) is 0 Å². The van der Waals surface area contributed by atoms with Crippen LogP contribution < -0.4 is 37.6 Å². The summed E-state index contributed by atoms with van der Waals surface area (Å²) in [5.74, 6) is -9.28. The van der Waals surface area contributed by atoms with Gasteiger partial charge in [-0.3, -0.25) is 38.4 Å². The van der Waals surface area contributed by atoms with Crippen LogP contribution in [0.15, 0.2) is 24.3 Å². The molecule has 0 unspecified atom stereocenters. The molecule has 8 atom stereocenters. The van der Waals surface area contributed by atoms with E-state index >= 15 is 0 Å². The number of hydrogen-bond donors (Lipinski definition) is 11. The molecule has 1 fully saturated rings. The van der Waals surface area contributed by atoms with E-state index in [0.717, 1.165) is 0 Å². The Morgan fingerprint density at radius 1 is 0.742 bits per heavy atom. The first-order chi connectivity index (χ1) is 28.9. The van der Waals surface area contributed by atoms with Crippen molar-refractivity contribution in [1.29, 1.82) is 0 Å². The highest BCUT2D eigenvalue weighted by molar-refractivity contribution is 5.97. The number of phenolic OH excluding ortho intramolecular Hbond substituents is 1. The second-order valence-electron chi connectivity index (χ2n) is 16.7. The number of aliphatic hydroxyl groups excluding tert-OH is 1. The summed E-state index contributed by atoms with van der Waals surface area (Å²) in [4.78, 5) is 118. The summed E-state index contributed by atoms with van der Waals surface area (Å²) in [6, 6.07) is -2.82. The van der Waals surface area contributed by atoms with Crippen LogP contribution in [0.5, 0.6) is 5.75 Å². The van der Waals surface area contributed by atoms with Crippen LogP contribution in [0.3, 0.4) is 0 Å². The van der Waals surface area contributed by atoms with Crippen molar-refractivity contribution in [3.8, 4) is 5.75 Å². The van der Waals surface area contributed by atoms with Gasteiger partial charge in [-0.2, -0.15) is 0 Å². The van der Waals surface area contributed by atoms with Crippen molar-refractivity contribution in [2.45, 2.75) is 135 Å². The fourth-order valence-corrected chi connectivity index (χ4v) is 6.71. The molecule has 21 heteroatoms. The van der Waals surface area contributed by atoms with E-state index in [9.17, 15) is 63.6 Å². The summed E-state index contributed by atoms with van der Waals surface area (Å²) in [7, 11) is 0. The lowest BCUT2D eigenvalue weighted by molar-refractivity contribution is -0.144. The molecule has 0 spiro atoms. The molecule has 62 heavy (non-hydrogen) atoms. The van der Waals surface area contributed by atoms with Crippen LogP contribution in [0.4, 0.5) is 0 Å². The molecule has 0 aromatic heterocycles. The van der Waals surface area contributed by atoms with Gasteiger partial charge in [0, 0.05) is 13.0 Å². The maximum atomic E-state index is 14.0. The van der Waals surface area contributed by atoms with Crippen molar-refractivity contribution in [3.05, 3.63) is 29.8 Å². The molecule has 1 heterocycles. The fourth-order valence-electron chi connectivity index (χ4n) is 6.71. The first-order valence-corrected chi connectivity index (χ1v) is 20.7. The van der Waals surface area contributed by atoms with E-state index < -0.39 is 126 Å². The topological polar surface area (TPSA) is 336 Å². The highest BCUT2D eigenvalue weighted by atomic mass is 16.4. The van der Waals surface area contributed by atoms with Crippen molar-refractivity contribution in [3.63, 3.8) is 0 Å². The van der Waals surface area contributed by atoms with E-state index in [1.54, 1.807) is 39.8 Å². The Kier molecular flexibility index (Phi) is 20.7. The Bertz CT molecular complexity index is 1750. The molecule has 1 aliphatic heterocycles. The van der Waals surface area contributed by atoms with E-state index in [1.165, 1.54) is 24.0 Å². The number of hydrogen-bond acceptors (Lipinski definition) is 12. The highest BCUT2D eigenvalue weighted by Crippen LogP contribution is 2.20. The summed E-state index contributed by atoms with van der Waals surface area (Å²) in [5.41, 5.74) is 6.79. The number of phenols is 1. The lowest BCUT2D eigenvalue weighted by atomic mass is 10.0. The van der Waals surface area contributed by atoms with Crippen LogP contribution >= 0.6 is 0 Å². The third-order valence-corrected chi connectivity index (χ3v) is 10.2. The molecule has 1 aromatic carbocycles. The van der Waals surface area contributed by atoms with E-state index in [4.69, 9.17) is 5.73 Å². The lowest BCUT2D eigenvalue weighted by Crippen LogP contribution is -2.61. The Hall–Kier alpha value is -5.83. The zero-order chi connectivity index (χ0) is 47.0. The van der Waals surface area contributed by atoms with Crippen LogP contribution in [0, 0.1) is 17.8 Å². The molecule has 1 aromatic rings. The predicted octanol–water partition coefficient (Wildman–Crippen LogP) is -1.52. The van der Waals surface area contributed by atoms with Gasteiger partial charge < -0.3 is 63.0 Å². The van der Waals surface area contributed by atoms with Gasteiger partial charge in [0.1, 0.15) is 42.0 Å². The zero-order valence-corrected chi connectivity index (χ0v) is 36.3. The number of nitrogens with one attached hydrogen (secondary N) is 6. The van der Waals surface area contributed by atoms with Crippen molar-refractivity contribution in [2.24, 2.45) is 23.5 Å². The van der Waals surface area contributed by atoms with Crippen LogP contribution in [-0.2, 0) is 49.6 Å². The largest absolute Gasteiger partial charge is 0.508 e. The molecule has 12 N–H and O–H groups in total. The van der Waals surface area contributed by atoms with Crippen LogP contribution in [-0.4, -0.2) is 140 Å². The lowest BCUT2D eigenvalue weighted by Gasteiger charge is -2.30. The van der Waals surface area contributed by atoms with Gasteiger partial charge in [-0.1, -0.05) is 53.7 Å². The third-order valence-electron chi connectivity index (χ3n) is 10.2. The molecular weight excluding hydrogens is 812 g/mol. The highest BCUT2D eigenvalue weighted by Gasteiger charge is 2.39. The number of benzene rings is 1. The smallest absolute Gasteiger partial charge is 0.326 e. The van der Waals surface area contributed by atoms with Gasteiger partial charge in [0.25, 0.3) is 0 Å². The Morgan fingerprint density at radius 3 is 1.84 bits per heavy atom. The minimum absolute atomic E-state index is 0.0345. The Labute approximate surface area is 360 Å².